The van der Waals surface area contributed by atoms with E-state index < -0.39 is 0 Å². The molecule has 0 aromatic heterocycles. The summed E-state index contributed by atoms with van der Waals surface area (Å²) in [5.41, 5.74) is 6.05. The van der Waals surface area contributed by atoms with E-state index in [1.165, 1.54) is 77.4 Å². The minimum atomic E-state index is 0.614. The molecule has 2 atom stereocenters. The van der Waals surface area contributed by atoms with Gasteiger partial charge in [0.15, 0.2) is 0 Å². The smallest absolute Gasteiger partial charge is 0.0219 e. The van der Waals surface area contributed by atoms with Gasteiger partial charge in [0.25, 0.3) is 0 Å². The second kappa shape index (κ2) is 11.4. The summed E-state index contributed by atoms with van der Waals surface area (Å²) in [6.45, 7) is 9.03. The van der Waals surface area contributed by atoms with E-state index in [0.717, 1.165) is 12.6 Å². The predicted octanol–water partition coefficient (Wildman–Crippen LogP) is 3.48. The van der Waals surface area contributed by atoms with Crippen molar-refractivity contribution in [1.29, 1.82) is 0 Å². The molecule has 3 nitrogen and oxygen atoms in total. The molecule has 0 saturated carbocycles. The van der Waals surface area contributed by atoms with Gasteiger partial charge in [-0.2, -0.15) is 0 Å². The predicted molar refractivity (Wildman–Crippen MR) is 93.7 cm³/mol. The molecule has 0 radical (unpaired) electrons. The molecule has 1 aliphatic rings. The van der Waals surface area contributed by atoms with Crippen LogP contribution in [0.2, 0.25) is 0 Å². The van der Waals surface area contributed by atoms with Crippen molar-refractivity contribution in [3.63, 3.8) is 0 Å². The summed E-state index contributed by atoms with van der Waals surface area (Å²) in [4.78, 5) is 5.17. The molecule has 1 heterocycles. The Labute approximate surface area is 133 Å². The third-order valence-corrected chi connectivity index (χ3v) is 5.21. The van der Waals surface area contributed by atoms with Gasteiger partial charge in [0.1, 0.15) is 0 Å². The van der Waals surface area contributed by atoms with Crippen LogP contribution in [0.5, 0.6) is 0 Å². The van der Waals surface area contributed by atoms with Crippen molar-refractivity contribution in [1.82, 2.24) is 9.80 Å². The Balaban J connectivity index is 2.19. The molecule has 3 heteroatoms. The van der Waals surface area contributed by atoms with Crippen LogP contribution in [0.4, 0.5) is 0 Å². The fraction of sp³-hybridized carbons (Fsp3) is 1.00. The highest BCUT2D eigenvalue weighted by molar-refractivity contribution is 4.84. The second-order valence-electron chi connectivity index (χ2n) is 6.84. The lowest BCUT2D eigenvalue weighted by Gasteiger charge is -2.42. The van der Waals surface area contributed by atoms with Crippen molar-refractivity contribution in [2.24, 2.45) is 5.73 Å². The number of nitrogens with zero attached hydrogens (tertiary/aromatic N) is 2. The van der Waals surface area contributed by atoms with E-state index in [9.17, 15) is 0 Å². The molecule has 21 heavy (non-hydrogen) atoms. The maximum atomic E-state index is 6.05. The summed E-state index contributed by atoms with van der Waals surface area (Å²) in [7, 11) is 2.26. The first-order chi connectivity index (χ1) is 10.2. The average Bonchev–Trinajstić information content (AvgIpc) is 2.51. The first kappa shape index (κ1) is 18.9. The standard InChI is InChI=1S/C18H39N3/c1-4-6-7-8-9-10-11-12-18(15-19)21-14-13-20(3)17(5-2)16-21/h17-18H,4-16,19H2,1-3H3. The highest BCUT2D eigenvalue weighted by Gasteiger charge is 2.26. The van der Waals surface area contributed by atoms with Gasteiger partial charge in [-0.25, -0.2) is 0 Å². The largest absolute Gasteiger partial charge is 0.329 e. The Bertz CT molecular complexity index is 245. The van der Waals surface area contributed by atoms with E-state index in [-0.39, 0.29) is 0 Å². The molecule has 0 spiro atoms. The Kier molecular flexibility index (Phi) is 10.3. The number of nitrogens with two attached hydrogens (primary N) is 1. The fourth-order valence-corrected chi connectivity index (χ4v) is 3.53. The summed E-state index contributed by atoms with van der Waals surface area (Å²) in [5.74, 6) is 0. The van der Waals surface area contributed by atoms with Crippen LogP contribution in [0, 0.1) is 0 Å². The molecule has 126 valence electrons. The van der Waals surface area contributed by atoms with Gasteiger partial charge in [-0.05, 0) is 19.9 Å². The third-order valence-electron chi connectivity index (χ3n) is 5.21. The SMILES string of the molecule is CCCCCCCCCC(CN)N1CCN(C)C(CC)C1. The van der Waals surface area contributed by atoms with E-state index in [1.54, 1.807) is 0 Å². The van der Waals surface area contributed by atoms with Crippen LogP contribution >= 0.6 is 0 Å². The molecule has 1 rings (SSSR count). The number of likely N-dealkylation sites (N-methyl/N-ethyl adjacent to an activating group) is 1. The quantitative estimate of drug-likeness (QED) is 0.593. The Morgan fingerprint density at radius 2 is 1.67 bits per heavy atom. The van der Waals surface area contributed by atoms with Gasteiger partial charge >= 0.3 is 0 Å². The van der Waals surface area contributed by atoms with Gasteiger partial charge < -0.3 is 10.6 Å². The topological polar surface area (TPSA) is 32.5 Å². The molecule has 2 N–H and O–H groups in total. The molecule has 0 aromatic rings. The van der Waals surface area contributed by atoms with E-state index >= 15 is 0 Å². The molecule has 1 aliphatic heterocycles. The maximum Gasteiger partial charge on any atom is 0.0219 e. The Hall–Kier alpha value is -0.120. The summed E-state index contributed by atoms with van der Waals surface area (Å²) in [6.07, 6.45) is 12.3. The van der Waals surface area contributed by atoms with Crippen LogP contribution in [0.15, 0.2) is 0 Å². The van der Waals surface area contributed by atoms with Crippen molar-refractivity contribution in [2.75, 3.05) is 33.2 Å². The van der Waals surface area contributed by atoms with Crippen LogP contribution < -0.4 is 5.73 Å². The van der Waals surface area contributed by atoms with Crippen LogP contribution in [0.1, 0.15) is 71.6 Å². The second-order valence-corrected chi connectivity index (χ2v) is 6.84. The highest BCUT2D eigenvalue weighted by Crippen LogP contribution is 2.17. The van der Waals surface area contributed by atoms with Gasteiger partial charge in [0.05, 0.1) is 0 Å². The zero-order chi connectivity index (χ0) is 15.5. The van der Waals surface area contributed by atoms with Gasteiger partial charge in [-0.1, -0.05) is 58.8 Å². The van der Waals surface area contributed by atoms with Crippen molar-refractivity contribution in [2.45, 2.75) is 83.7 Å². The number of hydrogen-bond acceptors (Lipinski definition) is 3. The summed E-state index contributed by atoms with van der Waals surface area (Å²) < 4.78 is 0. The lowest BCUT2D eigenvalue weighted by atomic mass is 10.0. The fourth-order valence-electron chi connectivity index (χ4n) is 3.53. The van der Waals surface area contributed by atoms with Crippen molar-refractivity contribution in [3.8, 4) is 0 Å². The lowest BCUT2D eigenvalue weighted by molar-refractivity contribution is 0.0610. The van der Waals surface area contributed by atoms with E-state index in [4.69, 9.17) is 5.73 Å². The van der Waals surface area contributed by atoms with Crippen molar-refractivity contribution in [3.05, 3.63) is 0 Å². The van der Waals surface area contributed by atoms with Gasteiger partial charge in [0, 0.05) is 38.3 Å². The molecule has 0 bridgehead atoms. The number of piperazine rings is 1. The normalized spacial score (nSPS) is 22.6. The van der Waals surface area contributed by atoms with Crippen LogP contribution in [-0.4, -0.2) is 55.1 Å². The molecule has 2 unspecified atom stereocenters. The zero-order valence-electron chi connectivity index (χ0n) is 14.8. The van der Waals surface area contributed by atoms with Crippen LogP contribution in [-0.2, 0) is 0 Å². The summed E-state index contributed by atoms with van der Waals surface area (Å²) in [5, 5.41) is 0. The molecule has 0 aliphatic carbocycles. The number of unbranched alkanes of at least 4 members (excludes halogenated alkanes) is 6. The monoisotopic (exact) mass is 297 g/mol. The van der Waals surface area contributed by atoms with Crippen molar-refractivity contribution < 1.29 is 0 Å². The first-order valence-electron chi connectivity index (χ1n) is 9.37. The maximum absolute atomic E-state index is 6.05. The summed E-state index contributed by atoms with van der Waals surface area (Å²) >= 11 is 0. The molecular weight excluding hydrogens is 258 g/mol. The zero-order valence-corrected chi connectivity index (χ0v) is 14.8. The van der Waals surface area contributed by atoms with Crippen LogP contribution in [0.25, 0.3) is 0 Å². The molecular formula is C18H39N3. The number of hydrogen-bond donors (Lipinski definition) is 1. The van der Waals surface area contributed by atoms with E-state index in [2.05, 4.69) is 30.7 Å². The summed E-state index contributed by atoms with van der Waals surface area (Å²) in [6, 6.07) is 1.34. The lowest BCUT2D eigenvalue weighted by Crippen LogP contribution is -2.55. The average molecular weight is 298 g/mol. The van der Waals surface area contributed by atoms with Gasteiger partial charge in [-0.15, -0.1) is 0 Å². The highest BCUT2D eigenvalue weighted by atomic mass is 15.3. The molecule has 0 amide bonds. The van der Waals surface area contributed by atoms with Gasteiger partial charge in [0.2, 0.25) is 0 Å². The van der Waals surface area contributed by atoms with Crippen molar-refractivity contribution >= 4 is 0 Å². The van der Waals surface area contributed by atoms with E-state index in [0.29, 0.717) is 6.04 Å². The van der Waals surface area contributed by atoms with E-state index in [1.807, 2.05) is 0 Å². The first-order valence-corrected chi connectivity index (χ1v) is 9.37. The number of rotatable bonds is 11. The minimum Gasteiger partial charge on any atom is -0.329 e. The van der Waals surface area contributed by atoms with Crippen LogP contribution in [0.3, 0.4) is 0 Å². The Morgan fingerprint density at radius 1 is 1.00 bits per heavy atom. The molecule has 0 aromatic carbocycles. The van der Waals surface area contributed by atoms with Gasteiger partial charge in [-0.3, -0.25) is 4.90 Å². The minimum absolute atomic E-state index is 0.614. The Morgan fingerprint density at radius 3 is 2.29 bits per heavy atom. The third kappa shape index (κ3) is 7.12. The molecule has 1 saturated heterocycles. The molecule has 1 fully saturated rings.